The van der Waals surface area contributed by atoms with E-state index in [4.69, 9.17) is 9.47 Å². The lowest BCUT2D eigenvalue weighted by molar-refractivity contribution is 0.0391. The van der Waals surface area contributed by atoms with Crippen molar-refractivity contribution in [2.45, 2.75) is 26.2 Å². The van der Waals surface area contributed by atoms with Gasteiger partial charge in [0.05, 0.1) is 24.5 Å². The Balaban J connectivity index is 1.52. The van der Waals surface area contributed by atoms with Gasteiger partial charge in [-0.15, -0.1) is 0 Å². The molecule has 3 aromatic rings. The molecule has 2 aromatic carbocycles. The number of aromatic nitrogens is 1. The molecule has 1 amide bonds. The Labute approximate surface area is 197 Å². The fourth-order valence-corrected chi connectivity index (χ4v) is 4.77. The molecule has 0 N–H and O–H groups in total. The van der Waals surface area contributed by atoms with Crippen molar-refractivity contribution in [1.29, 1.82) is 0 Å². The van der Waals surface area contributed by atoms with E-state index in [1.807, 2.05) is 18.2 Å². The van der Waals surface area contributed by atoms with Crippen molar-refractivity contribution in [3.05, 3.63) is 53.8 Å². The maximum atomic E-state index is 14.3. The predicted octanol–water partition coefficient (Wildman–Crippen LogP) is 4.98. The van der Waals surface area contributed by atoms with Gasteiger partial charge in [-0.25, -0.2) is 9.37 Å². The lowest BCUT2D eigenvalue weighted by atomic mass is 10.2. The van der Waals surface area contributed by atoms with E-state index in [0.717, 1.165) is 42.8 Å². The zero-order chi connectivity index (χ0) is 23.0. The van der Waals surface area contributed by atoms with Crippen LogP contribution >= 0.6 is 11.3 Å². The molecule has 1 saturated heterocycles. The Bertz CT molecular complexity index is 1050. The second-order valence-electron chi connectivity index (χ2n) is 8.07. The van der Waals surface area contributed by atoms with Gasteiger partial charge in [0.1, 0.15) is 17.1 Å². The monoisotopic (exact) mass is 471 g/mol. The number of fused-ring (bicyclic) bond motifs is 1. The number of para-hydroxylation sites is 1. The molecule has 0 atom stereocenters. The van der Waals surface area contributed by atoms with Gasteiger partial charge in [-0.2, -0.15) is 0 Å². The maximum absolute atomic E-state index is 14.3. The standard InChI is InChI=1S/C25H30FN3O3S/c1-2-3-4-16-32-20-10-8-19(9-11-20)24(30)29(13-12-28-14-17-31-18-15-28)25-27-23-21(26)6-5-7-22(23)33-25/h5-11H,2-4,12-18H2,1H3. The number of hydrogen-bond acceptors (Lipinski definition) is 6. The Morgan fingerprint density at radius 2 is 1.97 bits per heavy atom. The van der Waals surface area contributed by atoms with Gasteiger partial charge in [-0.05, 0) is 42.8 Å². The molecule has 1 aromatic heterocycles. The molecule has 1 aliphatic rings. The van der Waals surface area contributed by atoms with Crippen LogP contribution in [-0.4, -0.2) is 61.8 Å². The third-order valence-electron chi connectivity index (χ3n) is 5.70. The van der Waals surface area contributed by atoms with Crippen molar-refractivity contribution >= 4 is 32.6 Å². The van der Waals surface area contributed by atoms with Crippen LogP contribution < -0.4 is 9.64 Å². The van der Waals surface area contributed by atoms with Crippen LogP contribution in [0.3, 0.4) is 0 Å². The van der Waals surface area contributed by atoms with Crippen molar-refractivity contribution in [2.24, 2.45) is 0 Å². The number of thiazole rings is 1. The summed E-state index contributed by atoms with van der Waals surface area (Å²) in [6.45, 7) is 7.05. The summed E-state index contributed by atoms with van der Waals surface area (Å²) in [5, 5.41) is 0.508. The highest BCUT2D eigenvalue weighted by atomic mass is 32.1. The van der Waals surface area contributed by atoms with Gasteiger partial charge in [0.25, 0.3) is 5.91 Å². The molecule has 176 valence electrons. The lowest BCUT2D eigenvalue weighted by Gasteiger charge is -2.29. The summed E-state index contributed by atoms with van der Waals surface area (Å²) in [4.78, 5) is 21.9. The fraction of sp³-hybridized carbons (Fsp3) is 0.440. The van der Waals surface area contributed by atoms with Crippen LogP contribution in [0.25, 0.3) is 10.2 Å². The molecule has 6 nitrogen and oxygen atoms in total. The molecule has 0 bridgehead atoms. The number of morpholine rings is 1. The van der Waals surface area contributed by atoms with Crippen LogP contribution in [0, 0.1) is 5.82 Å². The number of unbranched alkanes of at least 4 members (excludes halogenated alkanes) is 2. The highest BCUT2D eigenvalue weighted by molar-refractivity contribution is 7.22. The van der Waals surface area contributed by atoms with Gasteiger partial charge in [0, 0.05) is 31.7 Å². The number of hydrogen-bond donors (Lipinski definition) is 0. The first-order valence-electron chi connectivity index (χ1n) is 11.6. The van der Waals surface area contributed by atoms with E-state index in [-0.39, 0.29) is 11.7 Å². The number of benzene rings is 2. The van der Waals surface area contributed by atoms with E-state index in [1.54, 1.807) is 23.1 Å². The number of amides is 1. The summed E-state index contributed by atoms with van der Waals surface area (Å²) < 4.78 is 26.2. The molecule has 0 spiro atoms. The molecule has 2 heterocycles. The average Bonchev–Trinajstić information content (AvgIpc) is 3.28. The molecule has 8 heteroatoms. The van der Waals surface area contributed by atoms with E-state index in [2.05, 4.69) is 16.8 Å². The molecule has 33 heavy (non-hydrogen) atoms. The number of anilines is 1. The summed E-state index contributed by atoms with van der Waals surface area (Å²) in [6.07, 6.45) is 3.30. The van der Waals surface area contributed by atoms with E-state index < -0.39 is 0 Å². The lowest BCUT2D eigenvalue weighted by Crippen LogP contribution is -2.43. The Kier molecular flexibility index (Phi) is 8.25. The van der Waals surface area contributed by atoms with Gasteiger partial charge >= 0.3 is 0 Å². The quantitative estimate of drug-likeness (QED) is 0.390. The number of halogens is 1. The van der Waals surface area contributed by atoms with Gasteiger partial charge in [-0.1, -0.05) is 37.2 Å². The number of rotatable bonds is 10. The smallest absolute Gasteiger partial charge is 0.260 e. The topological polar surface area (TPSA) is 54.9 Å². The largest absolute Gasteiger partial charge is 0.494 e. The minimum atomic E-state index is -0.375. The van der Waals surface area contributed by atoms with Crippen LogP contribution in [0.15, 0.2) is 42.5 Å². The summed E-state index contributed by atoms with van der Waals surface area (Å²) in [6, 6.07) is 12.1. The van der Waals surface area contributed by atoms with Crippen molar-refractivity contribution in [2.75, 3.05) is 50.9 Å². The van der Waals surface area contributed by atoms with Crippen LogP contribution in [-0.2, 0) is 4.74 Å². The van der Waals surface area contributed by atoms with Gasteiger partial charge in [-0.3, -0.25) is 14.6 Å². The summed E-state index contributed by atoms with van der Waals surface area (Å²) >= 11 is 1.33. The van der Waals surface area contributed by atoms with E-state index in [1.165, 1.54) is 17.4 Å². The maximum Gasteiger partial charge on any atom is 0.260 e. The molecule has 1 fully saturated rings. The van der Waals surface area contributed by atoms with Crippen LogP contribution in [0.2, 0.25) is 0 Å². The molecule has 0 unspecified atom stereocenters. The molecule has 0 aliphatic carbocycles. The molecular formula is C25H30FN3O3S. The molecular weight excluding hydrogens is 441 g/mol. The Morgan fingerprint density at radius 1 is 1.18 bits per heavy atom. The van der Waals surface area contributed by atoms with Crippen LogP contribution in [0.5, 0.6) is 5.75 Å². The third kappa shape index (κ3) is 6.07. The first-order valence-corrected chi connectivity index (χ1v) is 12.4. The second kappa shape index (κ2) is 11.5. The number of carbonyl (C=O) groups is 1. The van der Waals surface area contributed by atoms with Gasteiger partial charge < -0.3 is 9.47 Å². The number of carbonyl (C=O) groups excluding carboxylic acids is 1. The number of nitrogens with zero attached hydrogens (tertiary/aromatic N) is 3. The van der Waals surface area contributed by atoms with Crippen LogP contribution in [0.4, 0.5) is 9.52 Å². The van der Waals surface area contributed by atoms with E-state index in [9.17, 15) is 9.18 Å². The highest BCUT2D eigenvalue weighted by Gasteiger charge is 2.23. The summed E-state index contributed by atoms with van der Waals surface area (Å²) in [7, 11) is 0. The third-order valence-corrected chi connectivity index (χ3v) is 6.74. The molecule has 1 aliphatic heterocycles. The molecule has 0 radical (unpaired) electrons. The van der Waals surface area contributed by atoms with E-state index >= 15 is 0 Å². The van der Waals surface area contributed by atoms with Crippen molar-refractivity contribution < 1.29 is 18.7 Å². The second-order valence-corrected chi connectivity index (χ2v) is 9.08. The summed E-state index contributed by atoms with van der Waals surface area (Å²) in [5.74, 6) is 0.227. The number of ether oxygens (including phenoxy) is 2. The van der Waals surface area contributed by atoms with Crippen molar-refractivity contribution in [1.82, 2.24) is 9.88 Å². The minimum Gasteiger partial charge on any atom is -0.494 e. The average molecular weight is 472 g/mol. The van der Waals surface area contributed by atoms with Crippen molar-refractivity contribution in [3.8, 4) is 5.75 Å². The van der Waals surface area contributed by atoms with E-state index in [0.29, 0.717) is 49.1 Å². The fourth-order valence-electron chi connectivity index (χ4n) is 3.76. The normalized spacial score (nSPS) is 14.5. The van der Waals surface area contributed by atoms with Crippen LogP contribution in [0.1, 0.15) is 36.5 Å². The SMILES string of the molecule is CCCCCOc1ccc(C(=O)N(CCN2CCOCC2)c2nc3c(F)cccc3s2)cc1. The molecule has 4 rings (SSSR count). The van der Waals surface area contributed by atoms with Crippen molar-refractivity contribution in [3.63, 3.8) is 0 Å². The molecule has 0 saturated carbocycles. The highest BCUT2D eigenvalue weighted by Crippen LogP contribution is 2.31. The Hall–Kier alpha value is -2.55. The van der Waals surface area contributed by atoms with Gasteiger partial charge in [0.2, 0.25) is 0 Å². The zero-order valence-electron chi connectivity index (χ0n) is 19.0. The zero-order valence-corrected chi connectivity index (χ0v) is 19.8. The first-order chi connectivity index (χ1) is 16.2. The van der Waals surface area contributed by atoms with Gasteiger partial charge in [0.15, 0.2) is 5.13 Å². The minimum absolute atomic E-state index is 0.153. The first kappa shape index (κ1) is 23.6. The Morgan fingerprint density at radius 3 is 2.70 bits per heavy atom. The summed E-state index contributed by atoms with van der Waals surface area (Å²) in [5.41, 5.74) is 0.857. The predicted molar refractivity (Wildman–Crippen MR) is 130 cm³/mol.